The van der Waals surface area contributed by atoms with Crippen LogP contribution >= 0.6 is 15.9 Å². The lowest BCUT2D eigenvalue weighted by Gasteiger charge is -2.14. The molecule has 0 spiro atoms. The van der Waals surface area contributed by atoms with Gasteiger partial charge in [-0.3, -0.25) is 9.59 Å². The van der Waals surface area contributed by atoms with E-state index >= 15 is 0 Å². The summed E-state index contributed by atoms with van der Waals surface area (Å²) in [5, 5.41) is 5.22. The van der Waals surface area contributed by atoms with Crippen molar-refractivity contribution < 1.29 is 14.3 Å². The Bertz CT molecular complexity index is 1370. The minimum Gasteiger partial charge on any atom is -0.454 e. The summed E-state index contributed by atoms with van der Waals surface area (Å²) in [6.45, 7) is 0.196. The van der Waals surface area contributed by atoms with Crippen molar-refractivity contribution in [2.75, 3.05) is 6.79 Å². The smallest absolute Gasteiger partial charge is 0.260 e. The summed E-state index contributed by atoms with van der Waals surface area (Å²) in [6.07, 6.45) is 1.53. The fourth-order valence-corrected chi connectivity index (χ4v) is 4.06. The molecule has 2 heterocycles. The number of pyridine rings is 1. The first-order valence-electron chi connectivity index (χ1n) is 9.53. The lowest BCUT2D eigenvalue weighted by atomic mass is 10.1. The number of hydrogen-bond donors (Lipinski definition) is 1. The Kier molecular flexibility index (Phi) is 4.91. The van der Waals surface area contributed by atoms with Crippen molar-refractivity contribution in [2.24, 2.45) is 5.10 Å². The number of benzene rings is 3. The number of rotatable bonds is 4. The van der Waals surface area contributed by atoms with E-state index in [1.165, 1.54) is 6.21 Å². The molecule has 0 fully saturated rings. The highest BCUT2D eigenvalue weighted by atomic mass is 79.9. The number of ether oxygens (including phenoxy) is 2. The van der Waals surface area contributed by atoms with Crippen molar-refractivity contribution in [3.63, 3.8) is 0 Å². The van der Waals surface area contributed by atoms with Crippen LogP contribution in [0.25, 0.3) is 21.8 Å². The summed E-state index contributed by atoms with van der Waals surface area (Å²) in [7, 11) is 0. The maximum Gasteiger partial charge on any atom is 0.260 e. The monoisotopic (exact) mass is 477 g/mol. The van der Waals surface area contributed by atoms with Crippen molar-refractivity contribution in [3.05, 3.63) is 80.9 Å². The van der Waals surface area contributed by atoms with E-state index in [0.717, 1.165) is 10.0 Å². The quantitative estimate of drug-likeness (QED) is 0.275. The minimum atomic E-state index is -0.313. The van der Waals surface area contributed by atoms with Crippen molar-refractivity contribution in [2.45, 2.75) is 6.54 Å². The zero-order chi connectivity index (χ0) is 21.4. The van der Waals surface area contributed by atoms with Crippen molar-refractivity contribution in [3.8, 4) is 11.5 Å². The van der Waals surface area contributed by atoms with Gasteiger partial charge in [-0.25, -0.2) is 5.43 Å². The molecule has 1 aromatic heterocycles. The van der Waals surface area contributed by atoms with Crippen LogP contribution in [0.15, 0.2) is 75.0 Å². The highest BCUT2D eigenvalue weighted by Gasteiger charge is 2.16. The summed E-state index contributed by atoms with van der Waals surface area (Å²) in [6, 6.07) is 18.1. The lowest BCUT2D eigenvalue weighted by Crippen LogP contribution is -2.25. The van der Waals surface area contributed by atoms with Gasteiger partial charge in [0, 0.05) is 20.8 Å². The SMILES string of the molecule is O=C(Cn1c2ccccc2c(=O)c2ccccc21)NN=Cc1cc2c(cc1Br)OCO2. The Balaban J connectivity index is 1.43. The van der Waals surface area contributed by atoms with E-state index in [-0.39, 0.29) is 24.7 Å². The van der Waals surface area contributed by atoms with Gasteiger partial charge in [0.2, 0.25) is 6.79 Å². The Morgan fingerprint density at radius 1 is 1.03 bits per heavy atom. The molecule has 0 aliphatic carbocycles. The van der Waals surface area contributed by atoms with Gasteiger partial charge in [-0.1, -0.05) is 24.3 Å². The number of para-hydroxylation sites is 2. The first kappa shape index (κ1) is 19.3. The van der Waals surface area contributed by atoms with Crippen LogP contribution in [-0.4, -0.2) is 23.5 Å². The molecule has 5 rings (SSSR count). The molecule has 154 valence electrons. The number of amides is 1. The molecule has 7 nitrogen and oxygen atoms in total. The van der Waals surface area contributed by atoms with Crippen LogP contribution in [0.5, 0.6) is 11.5 Å². The second-order valence-electron chi connectivity index (χ2n) is 6.97. The Morgan fingerprint density at radius 3 is 2.32 bits per heavy atom. The van der Waals surface area contributed by atoms with Gasteiger partial charge in [-0.2, -0.15) is 5.10 Å². The molecule has 0 saturated carbocycles. The third-order valence-corrected chi connectivity index (χ3v) is 5.75. The van der Waals surface area contributed by atoms with Gasteiger partial charge >= 0.3 is 0 Å². The lowest BCUT2D eigenvalue weighted by molar-refractivity contribution is -0.121. The van der Waals surface area contributed by atoms with Crippen LogP contribution in [0.3, 0.4) is 0 Å². The molecular weight excluding hydrogens is 462 g/mol. The van der Waals surface area contributed by atoms with Gasteiger partial charge in [0.15, 0.2) is 16.9 Å². The maximum absolute atomic E-state index is 12.8. The van der Waals surface area contributed by atoms with Crippen molar-refractivity contribution in [1.82, 2.24) is 9.99 Å². The van der Waals surface area contributed by atoms with E-state index in [4.69, 9.17) is 9.47 Å². The normalized spacial score (nSPS) is 12.7. The summed E-state index contributed by atoms with van der Waals surface area (Å²) < 4.78 is 13.3. The van der Waals surface area contributed by atoms with Gasteiger partial charge in [0.25, 0.3) is 5.91 Å². The second-order valence-corrected chi connectivity index (χ2v) is 7.82. The van der Waals surface area contributed by atoms with Gasteiger partial charge in [-0.05, 0) is 52.3 Å². The van der Waals surface area contributed by atoms with E-state index < -0.39 is 0 Å². The third kappa shape index (κ3) is 3.55. The molecule has 0 radical (unpaired) electrons. The third-order valence-electron chi connectivity index (χ3n) is 5.07. The van der Waals surface area contributed by atoms with Gasteiger partial charge < -0.3 is 14.0 Å². The van der Waals surface area contributed by atoms with Gasteiger partial charge in [0.1, 0.15) is 6.54 Å². The van der Waals surface area contributed by atoms with Crippen molar-refractivity contribution in [1.29, 1.82) is 0 Å². The number of carbonyl (C=O) groups is 1. The number of fused-ring (bicyclic) bond motifs is 3. The minimum absolute atomic E-state index is 0.0148. The predicted octanol–water partition coefficient (Wildman–Crippen LogP) is 3.80. The van der Waals surface area contributed by atoms with Crippen LogP contribution in [0, 0.1) is 0 Å². The molecule has 8 heteroatoms. The molecule has 0 unspecified atom stereocenters. The molecule has 0 saturated heterocycles. The number of halogens is 1. The standard InChI is InChI=1S/C23H16BrN3O4/c24-17-10-21-20(30-13-31-21)9-14(17)11-25-26-22(28)12-27-18-7-3-1-5-15(18)23(29)16-6-2-4-8-19(16)27/h1-11H,12-13H2,(H,26,28). The van der Waals surface area contributed by atoms with Crippen molar-refractivity contribution >= 4 is 49.9 Å². The topological polar surface area (TPSA) is 81.9 Å². The molecule has 1 N–H and O–H groups in total. The summed E-state index contributed by atoms with van der Waals surface area (Å²) >= 11 is 3.46. The second kappa shape index (κ2) is 7.88. The average Bonchev–Trinajstić information content (AvgIpc) is 3.24. The molecule has 0 atom stereocenters. The number of aromatic nitrogens is 1. The fourth-order valence-electron chi connectivity index (χ4n) is 3.63. The number of hydrogen-bond acceptors (Lipinski definition) is 5. The van der Waals surface area contributed by atoms with E-state index in [1.54, 1.807) is 24.3 Å². The maximum atomic E-state index is 12.8. The number of nitrogens with one attached hydrogen (secondary N) is 1. The molecule has 0 bridgehead atoms. The van der Waals surface area contributed by atoms with Crippen LogP contribution in [0.2, 0.25) is 0 Å². The highest BCUT2D eigenvalue weighted by molar-refractivity contribution is 9.10. The number of carbonyl (C=O) groups excluding carboxylic acids is 1. The zero-order valence-electron chi connectivity index (χ0n) is 16.2. The summed E-state index contributed by atoms with van der Waals surface area (Å²) in [5.41, 5.74) is 4.65. The van der Waals surface area contributed by atoms with Crippen LogP contribution < -0.4 is 20.3 Å². The van der Waals surface area contributed by atoms with E-state index in [2.05, 4.69) is 26.5 Å². The Labute approximate surface area is 185 Å². The molecule has 31 heavy (non-hydrogen) atoms. The van der Waals surface area contributed by atoms with Crippen LogP contribution in [-0.2, 0) is 11.3 Å². The first-order valence-corrected chi connectivity index (χ1v) is 10.3. The van der Waals surface area contributed by atoms with E-state index in [1.807, 2.05) is 41.0 Å². The summed E-state index contributed by atoms with van der Waals surface area (Å²) in [4.78, 5) is 25.5. The van der Waals surface area contributed by atoms with E-state index in [0.29, 0.717) is 33.3 Å². The predicted molar refractivity (Wildman–Crippen MR) is 122 cm³/mol. The number of nitrogens with zero attached hydrogens (tertiary/aromatic N) is 2. The molecule has 1 amide bonds. The zero-order valence-corrected chi connectivity index (χ0v) is 17.8. The van der Waals surface area contributed by atoms with Crippen LogP contribution in [0.4, 0.5) is 0 Å². The molecular formula is C23H16BrN3O4. The molecule has 3 aromatic carbocycles. The fraction of sp³-hybridized carbons (Fsp3) is 0.0870. The summed E-state index contributed by atoms with van der Waals surface area (Å²) in [5.74, 6) is 0.972. The molecule has 1 aliphatic rings. The van der Waals surface area contributed by atoms with E-state index in [9.17, 15) is 9.59 Å². The molecule has 4 aromatic rings. The highest BCUT2D eigenvalue weighted by Crippen LogP contribution is 2.36. The number of hydrazone groups is 1. The van der Waals surface area contributed by atoms with Gasteiger partial charge in [-0.15, -0.1) is 0 Å². The molecule has 1 aliphatic heterocycles. The Hall–Kier alpha value is -3.65. The first-order chi connectivity index (χ1) is 15.1. The Morgan fingerprint density at radius 2 is 1.65 bits per heavy atom. The van der Waals surface area contributed by atoms with Crippen LogP contribution in [0.1, 0.15) is 5.56 Å². The largest absolute Gasteiger partial charge is 0.454 e. The average molecular weight is 478 g/mol. The van der Waals surface area contributed by atoms with Gasteiger partial charge in [0.05, 0.1) is 17.2 Å².